The van der Waals surface area contributed by atoms with Crippen LogP contribution in [-0.2, 0) is 4.79 Å². The lowest BCUT2D eigenvalue weighted by Crippen LogP contribution is -2.28. The minimum atomic E-state index is -0.0797. The van der Waals surface area contributed by atoms with E-state index in [1.807, 2.05) is 19.4 Å². The minimum Gasteiger partial charge on any atom is -0.319 e. The summed E-state index contributed by atoms with van der Waals surface area (Å²) in [6.45, 7) is 6.73. The monoisotopic (exact) mass is 339 g/mol. The molecule has 1 atom stereocenters. The van der Waals surface area contributed by atoms with E-state index in [0.717, 1.165) is 11.3 Å². The van der Waals surface area contributed by atoms with Crippen LogP contribution in [0.15, 0.2) is 23.6 Å². The van der Waals surface area contributed by atoms with E-state index < -0.39 is 0 Å². The Morgan fingerprint density at radius 3 is 2.68 bits per heavy atom. The molecule has 0 aliphatic heterocycles. The van der Waals surface area contributed by atoms with E-state index in [0.29, 0.717) is 11.7 Å². The molecule has 1 heterocycles. The first-order valence-electron chi connectivity index (χ1n) is 7.00. The van der Waals surface area contributed by atoms with Gasteiger partial charge in [-0.2, -0.15) is 0 Å². The van der Waals surface area contributed by atoms with Crippen molar-refractivity contribution in [3.8, 4) is 11.3 Å². The van der Waals surface area contributed by atoms with Crippen molar-refractivity contribution in [3.63, 3.8) is 0 Å². The summed E-state index contributed by atoms with van der Waals surface area (Å²) in [5.74, 6) is -0.0886. The number of carbonyl (C=O) groups is 1. The van der Waals surface area contributed by atoms with E-state index in [4.69, 9.17) is 0 Å². The number of nitrogens with one attached hydrogen (secondary N) is 2. The summed E-state index contributed by atoms with van der Waals surface area (Å²) in [4.78, 5) is 16.5. The zero-order valence-electron chi connectivity index (χ0n) is 13.3. The van der Waals surface area contributed by atoms with Gasteiger partial charge in [0, 0.05) is 23.4 Å². The molecule has 1 amide bonds. The van der Waals surface area contributed by atoms with E-state index in [1.165, 1.54) is 22.5 Å². The zero-order valence-corrected chi connectivity index (χ0v) is 14.9. The Morgan fingerprint density at radius 2 is 2.05 bits per heavy atom. The Hall–Kier alpha value is -1.43. The van der Waals surface area contributed by atoms with Crippen molar-refractivity contribution in [1.82, 2.24) is 10.3 Å². The Balaban J connectivity index is 0.00000242. The van der Waals surface area contributed by atoms with E-state index in [-0.39, 0.29) is 24.2 Å². The van der Waals surface area contributed by atoms with Crippen LogP contribution in [-0.4, -0.2) is 24.5 Å². The van der Waals surface area contributed by atoms with E-state index in [1.54, 1.807) is 0 Å². The van der Waals surface area contributed by atoms with Crippen molar-refractivity contribution >= 4 is 34.8 Å². The highest BCUT2D eigenvalue weighted by molar-refractivity contribution is 7.14. The fraction of sp³-hybridized carbons (Fsp3) is 0.375. The second-order valence-corrected chi connectivity index (χ2v) is 6.14. The van der Waals surface area contributed by atoms with Crippen LogP contribution in [0, 0.1) is 19.8 Å². The fourth-order valence-corrected chi connectivity index (χ4v) is 2.71. The second-order valence-electron chi connectivity index (χ2n) is 5.28. The highest BCUT2D eigenvalue weighted by Crippen LogP contribution is 2.26. The molecular formula is C16H22ClN3OS. The zero-order chi connectivity index (χ0) is 15.4. The molecule has 120 valence electrons. The Labute approximate surface area is 141 Å². The standard InChI is InChI=1S/C16H21N3OS.ClH/c1-10-5-6-13(7-11(10)2)14-9-21-16(18-14)19-15(20)12(3)8-17-4;/h5-7,9,12,17H,8H2,1-4H3,(H,18,19,20);1H. The van der Waals surface area contributed by atoms with Gasteiger partial charge in [0.05, 0.1) is 5.69 Å². The number of halogens is 1. The number of thiazole rings is 1. The molecule has 0 saturated carbocycles. The average Bonchev–Trinajstić information content (AvgIpc) is 2.90. The Bertz CT molecular complexity index is 642. The molecule has 6 heteroatoms. The Kier molecular flexibility index (Phi) is 7.00. The first kappa shape index (κ1) is 18.6. The van der Waals surface area contributed by atoms with Gasteiger partial charge in [-0.05, 0) is 38.1 Å². The summed E-state index contributed by atoms with van der Waals surface area (Å²) in [5, 5.41) is 8.49. The van der Waals surface area contributed by atoms with Gasteiger partial charge in [0.2, 0.25) is 5.91 Å². The minimum absolute atomic E-state index is 0. The first-order valence-corrected chi connectivity index (χ1v) is 7.88. The number of hydrogen-bond acceptors (Lipinski definition) is 4. The van der Waals surface area contributed by atoms with Crippen LogP contribution in [0.1, 0.15) is 18.1 Å². The molecule has 0 radical (unpaired) electrons. The predicted octanol–water partition coefficient (Wildman–Crippen LogP) is 3.64. The van der Waals surface area contributed by atoms with Crippen molar-refractivity contribution in [2.75, 3.05) is 18.9 Å². The molecular weight excluding hydrogens is 318 g/mol. The number of aromatic nitrogens is 1. The highest BCUT2D eigenvalue weighted by Gasteiger charge is 2.14. The lowest BCUT2D eigenvalue weighted by atomic mass is 10.1. The third-order valence-corrected chi connectivity index (χ3v) is 4.25. The molecule has 1 aromatic heterocycles. The van der Waals surface area contributed by atoms with E-state index >= 15 is 0 Å². The maximum absolute atomic E-state index is 12.0. The number of nitrogens with zero attached hydrogens (tertiary/aromatic N) is 1. The molecule has 2 rings (SSSR count). The summed E-state index contributed by atoms with van der Waals surface area (Å²) in [7, 11) is 1.84. The van der Waals surface area contributed by atoms with Gasteiger partial charge in [0.15, 0.2) is 5.13 Å². The molecule has 0 aliphatic carbocycles. The molecule has 0 saturated heterocycles. The first-order chi connectivity index (χ1) is 10.0. The van der Waals surface area contributed by atoms with Gasteiger partial charge in [-0.15, -0.1) is 23.7 Å². The Morgan fingerprint density at radius 1 is 1.32 bits per heavy atom. The number of anilines is 1. The van der Waals surface area contributed by atoms with E-state index in [9.17, 15) is 4.79 Å². The van der Waals surface area contributed by atoms with Gasteiger partial charge in [-0.3, -0.25) is 4.79 Å². The average molecular weight is 340 g/mol. The summed E-state index contributed by atoms with van der Waals surface area (Å²) in [6, 6.07) is 6.28. The van der Waals surface area contributed by atoms with Crippen molar-refractivity contribution in [1.29, 1.82) is 0 Å². The van der Waals surface area contributed by atoms with Crippen LogP contribution in [0.25, 0.3) is 11.3 Å². The van der Waals surface area contributed by atoms with Crippen LogP contribution in [0.3, 0.4) is 0 Å². The smallest absolute Gasteiger partial charge is 0.230 e. The number of carbonyl (C=O) groups excluding carboxylic acids is 1. The lowest BCUT2D eigenvalue weighted by molar-refractivity contribution is -0.119. The molecule has 0 spiro atoms. The van der Waals surface area contributed by atoms with Crippen molar-refractivity contribution < 1.29 is 4.79 Å². The number of amides is 1. The van der Waals surface area contributed by atoms with Gasteiger partial charge in [0.25, 0.3) is 0 Å². The predicted molar refractivity (Wildman–Crippen MR) is 96.0 cm³/mol. The molecule has 1 aromatic carbocycles. The molecule has 2 aromatic rings. The summed E-state index contributed by atoms with van der Waals surface area (Å²) < 4.78 is 0. The van der Waals surface area contributed by atoms with Crippen molar-refractivity contribution in [2.45, 2.75) is 20.8 Å². The van der Waals surface area contributed by atoms with E-state index in [2.05, 4.69) is 47.7 Å². The van der Waals surface area contributed by atoms with Gasteiger partial charge in [0.1, 0.15) is 0 Å². The molecule has 2 N–H and O–H groups in total. The second kappa shape index (κ2) is 8.27. The molecule has 22 heavy (non-hydrogen) atoms. The number of hydrogen-bond donors (Lipinski definition) is 2. The van der Waals surface area contributed by atoms with Crippen LogP contribution in [0.2, 0.25) is 0 Å². The highest BCUT2D eigenvalue weighted by atomic mass is 35.5. The van der Waals surface area contributed by atoms with Gasteiger partial charge in [-0.1, -0.05) is 19.1 Å². The largest absolute Gasteiger partial charge is 0.319 e. The normalized spacial score (nSPS) is 11.6. The third kappa shape index (κ3) is 4.53. The molecule has 0 fully saturated rings. The van der Waals surface area contributed by atoms with Gasteiger partial charge < -0.3 is 10.6 Å². The van der Waals surface area contributed by atoms with Gasteiger partial charge in [-0.25, -0.2) is 4.98 Å². The summed E-state index contributed by atoms with van der Waals surface area (Å²) in [5.41, 5.74) is 4.50. The van der Waals surface area contributed by atoms with Gasteiger partial charge >= 0.3 is 0 Å². The van der Waals surface area contributed by atoms with Crippen LogP contribution in [0.5, 0.6) is 0 Å². The lowest BCUT2D eigenvalue weighted by Gasteiger charge is -2.09. The maximum Gasteiger partial charge on any atom is 0.230 e. The van der Waals surface area contributed by atoms with Crippen LogP contribution >= 0.6 is 23.7 Å². The maximum atomic E-state index is 12.0. The van der Waals surface area contributed by atoms with Crippen LogP contribution < -0.4 is 10.6 Å². The quantitative estimate of drug-likeness (QED) is 0.874. The van der Waals surface area contributed by atoms with Crippen molar-refractivity contribution in [3.05, 3.63) is 34.7 Å². The molecule has 1 unspecified atom stereocenters. The molecule has 4 nitrogen and oxygen atoms in total. The number of aryl methyl sites for hydroxylation is 2. The van der Waals surface area contributed by atoms with Crippen LogP contribution in [0.4, 0.5) is 5.13 Å². The van der Waals surface area contributed by atoms with Crippen molar-refractivity contribution in [2.24, 2.45) is 5.92 Å². The molecule has 0 bridgehead atoms. The summed E-state index contributed by atoms with van der Waals surface area (Å²) >= 11 is 1.45. The third-order valence-electron chi connectivity index (χ3n) is 3.49. The molecule has 0 aliphatic rings. The topological polar surface area (TPSA) is 54.0 Å². The fourth-order valence-electron chi connectivity index (χ4n) is 1.99. The number of benzene rings is 1. The number of rotatable bonds is 5. The summed E-state index contributed by atoms with van der Waals surface area (Å²) in [6.07, 6.45) is 0. The SMILES string of the molecule is CNCC(C)C(=O)Nc1nc(-c2ccc(C)c(C)c2)cs1.Cl.